The standard InChI is InChI=1S/C23H39N3O20P2.C14H28NO12P.C7H16NO7P.C6H13NO4S/c1-39-6-7-41-9-8-40-5-3-15(29)24-16-19(32)17(30)12(10-27)44-22(16)45-48(37,38)46-47(35,36)42-11-13-18(31)20(33)21(43-13)26-4-2-14(28)25-23(26)34;1-23-4-5-25-7-6-24-3-2-10(17)15-11-13(19)12(18)9(8-16)26-14(11)27-28(20,21)22;8-5-4(15-16(12,13)14)1-3(2-9)6(10)7(5)11;1-9-2-3-10-4-5-11-6(8)7-12/h2,4,12-13,16-22,27,30-33H,3,5-11H2,1H3,(H,24,29)(H,35,36)(H,37,38)(H,25,28,34);9,11-14,16,18-19H,2-8H2,1H3,(H,15,17)(H2,20,21,22);3-7,9-11H,1-2,8H2,(H2,12,13,14);12H,2-5H2,1H3,(H,7,8)/p-6/t12?,13?,16?,17-,18?,19+,20?,21?,22+;9?,11?,12-,13+,14+;3?,4-,5?,6-,7+;/m000./s1. The van der Waals surface area contributed by atoms with Crippen LogP contribution in [0, 0.1) is 5.92 Å². The Labute approximate surface area is 597 Å². The molecule has 3 aliphatic heterocycles. The van der Waals surface area contributed by atoms with Gasteiger partial charge in [-0.25, -0.2) is 13.9 Å². The minimum atomic E-state index is -6.03. The Morgan fingerprint density at radius 1 is 0.567 bits per heavy atom. The summed E-state index contributed by atoms with van der Waals surface area (Å²) in [5.74, 6) is -2.29. The van der Waals surface area contributed by atoms with Gasteiger partial charge >= 0.3 is 11.8 Å². The quantitative estimate of drug-likeness (QED) is 0.0164. The summed E-state index contributed by atoms with van der Waals surface area (Å²) in [5.41, 5.74) is 3.62. The Morgan fingerprint density at radius 2 is 1.00 bits per heavy atom. The molecule has 1 aromatic rings. The Kier molecular flexibility index (Phi) is 46.4. The Balaban J connectivity index is 0.000000547. The number of methoxy groups -OCH3 is 3. The molecule has 1 saturated carbocycles. The zero-order valence-corrected chi connectivity index (χ0v) is 60.2. The molecule has 4 aliphatic rings. The summed E-state index contributed by atoms with van der Waals surface area (Å²) in [6, 6.07) is -3.68. The maximum Gasteiger partial charge on any atom is 0.417 e. The van der Waals surface area contributed by atoms with Crippen LogP contribution in [0.5, 0.6) is 0 Å². The number of aliphatic hydroxyl groups is 11. The average molecular weight is 1620 g/mol. The number of carbonyl (C=O) groups excluding carboxylic acids is 3. The number of hydrogen-bond donors (Lipinski definition) is 17. The monoisotopic (exact) mass is 1620 g/mol. The SMILES string of the molecule is COCCOCCOC(=O)NS.COCCOCCOCCC(=O)NC1[C@@H](OP(=O)([O-])OP(=O)([O-])OCC2OC(n3ccc(=O)[nH]c3=O)C(O)C2O)OC(CO)[C@H](O)[C@@H]1O.COCCOCCOCCC(=O)NC1[C@@H](OP(=O)([O-])[O-])OC(CO)[C@H](O)[C@@H]1O.NC1[C@@H](OP(=O)([O-])[O-])CC(CO)[C@H](O)[C@@H]1O. The van der Waals surface area contributed by atoms with Crippen molar-refractivity contribution in [3.63, 3.8) is 0 Å². The third kappa shape index (κ3) is 36.5. The van der Waals surface area contributed by atoms with E-state index >= 15 is 0 Å². The van der Waals surface area contributed by atoms with E-state index in [0.717, 1.165) is 12.3 Å². The molecule has 49 nitrogen and oxygen atoms in total. The highest BCUT2D eigenvalue weighted by atomic mass is 32.1. The number of nitrogens with two attached hydrogens (primary N) is 1. The first kappa shape index (κ1) is 96.9. The van der Waals surface area contributed by atoms with Crippen LogP contribution in [0.1, 0.15) is 25.5 Å². The maximum absolute atomic E-state index is 12.6. The van der Waals surface area contributed by atoms with Crippen molar-refractivity contribution in [2.45, 2.75) is 129 Å². The molecule has 0 bridgehead atoms. The van der Waals surface area contributed by atoms with Gasteiger partial charge in [-0.15, -0.1) is 0 Å². The molecule has 4 heterocycles. The molecule has 21 atom stereocenters. The van der Waals surface area contributed by atoms with Crippen molar-refractivity contribution in [3.8, 4) is 0 Å². The first-order valence-corrected chi connectivity index (χ1v) is 37.0. The van der Waals surface area contributed by atoms with Gasteiger partial charge in [-0.1, -0.05) is 12.8 Å². The van der Waals surface area contributed by atoms with Crippen LogP contribution in [-0.4, -0.2) is 328 Å². The number of aromatic amines is 1. The van der Waals surface area contributed by atoms with Crippen LogP contribution in [0.3, 0.4) is 0 Å². The summed E-state index contributed by atoms with van der Waals surface area (Å²) in [6.45, 7) is 0.514. The van der Waals surface area contributed by atoms with E-state index in [1.165, 1.54) is 14.2 Å². The molecule has 0 radical (unpaired) electrons. The van der Waals surface area contributed by atoms with E-state index < -0.39 is 203 Å². The normalized spacial score (nSPS) is 29.6. The van der Waals surface area contributed by atoms with E-state index in [1.807, 2.05) is 9.71 Å². The average Bonchev–Trinajstić information content (AvgIpc) is 1.08. The van der Waals surface area contributed by atoms with Gasteiger partial charge in [0.15, 0.2) is 18.8 Å². The van der Waals surface area contributed by atoms with Crippen LogP contribution in [0.25, 0.3) is 0 Å². The van der Waals surface area contributed by atoms with Gasteiger partial charge in [-0.2, -0.15) is 0 Å². The van der Waals surface area contributed by atoms with E-state index in [4.69, 9.17) is 68.1 Å². The molecule has 104 heavy (non-hydrogen) atoms. The van der Waals surface area contributed by atoms with Crippen LogP contribution in [0.15, 0.2) is 21.9 Å². The van der Waals surface area contributed by atoms with Gasteiger partial charge in [0.1, 0.15) is 73.6 Å². The van der Waals surface area contributed by atoms with Crippen LogP contribution in [0.2, 0.25) is 0 Å². The molecule has 1 aromatic heterocycles. The summed E-state index contributed by atoms with van der Waals surface area (Å²) >= 11 is 3.49. The van der Waals surface area contributed by atoms with E-state index in [9.17, 15) is 118 Å². The van der Waals surface area contributed by atoms with Gasteiger partial charge in [0, 0.05) is 59.0 Å². The predicted molar refractivity (Wildman–Crippen MR) is 329 cm³/mol. The second-order valence-corrected chi connectivity index (χ2v) is 27.1. The van der Waals surface area contributed by atoms with Crippen LogP contribution >= 0.6 is 44.1 Å². The van der Waals surface area contributed by atoms with Crippen LogP contribution < -0.4 is 61.7 Å². The number of hydrogen-bond acceptors (Lipinski definition) is 45. The fourth-order valence-corrected chi connectivity index (χ4v) is 12.1. The molecule has 0 aromatic carbocycles. The summed E-state index contributed by atoms with van der Waals surface area (Å²) in [7, 11) is -18.0. The van der Waals surface area contributed by atoms with Crippen molar-refractivity contribution in [2.24, 2.45) is 11.7 Å². The minimum absolute atomic E-state index is 0.00189. The molecule has 4 fully saturated rings. The summed E-state index contributed by atoms with van der Waals surface area (Å²) in [4.78, 5) is 128. The lowest BCUT2D eigenvalue weighted by molar-refractivity contribution is -0.362. The predicted octanol–water partition coefficient (Wildman–Crippen LogP) is -13.6. The van der Waals surface area contributed by atoms with Crippen LogP contribution in [-0.2, 0) is 107 Å². The molecule has 17 N–H and O–H groups in total. The summed E-state index contributed by atoms with van der Waals surface area (Å²) in [6.07, 6.45) is -25.6. The number of nitrogens with zero attached hydrogens (tertiary/aromatic N) is 1. The molecule has 12 unspecified atom stereocenters. The number of aliphatic hydroxyl groups excluding tert-OH is 11. The Hall–Kier alpha value is -3.20. The van der Waals surface area contributed by atoms with E-state index in [-0.39, 0.29) is 58.9 Å². The smallest absolute Gasteiger partial charge is 0.417 e. The lowest BCUT2D eigenvalue weighted by Crippen LogP contribution is -2.64. The van der Waals surface area contributed by atoms with Crippen molar-refractivity contribution in [3.05, 3.63) is 33.1 Å². The highest BCUT2D eigenvalue weighted by molar-refractivity contribution is 7.78. The summed E-state index contributed by atoms with van der Waals surface area (Å²) < 4.78 is 131. The van der Waals surface area contributed by atoms with Crippen LogP contribution in [0.4, 0.5) is 4.79 Å². The molecular weight excluding hydrogens is 1530 g/mol. The second-order valence-electron chi connectivity index (χ2n) is 21.7. The number of phosphoric ester groups is 4. The molecule has 3 amide bonds. The molecule has 3 saturated heterocycles. The largest absolute Gasteiger partial charge is 0.790 e. The van der Waals surface area contributed by atoms with E-state index in [0.29, 0.717) is 57.4 Å². The van der Waals surface area contributed by atoms with Gasteiger partial charge in [0.25, 0.3) is 21.2 Å². The minimum Gasteiger partial charge on any atom is -0.790 e. The van der Waals surface area contributed by atoms with Gasteiger partial charge < -0.3 is 181 Å². The fourth-order valence-electron chi connectivity index (χ4n) is 8.99. The van der Waals surface area contributed by atoms with Gasteiger partial charge in [-0.3, -0.25) is 42.3 Å². The van der Waals surface area contributed by atoms with Crippen molar-refractivity contribution in [1.82, 2.24) is 24.9 Å². The maximum atomic E-state index is 12.6. The van der Waals surface area contributed by atoms with Crippen molar-refractivity contribution in [1.29, 1.82) is 0 Å². The highest BCUT2D eigenvalue weighted by Crippen LogP contribution is 2.57. The van der Waals surface area contributed by atoms with E-state index in [2.05, 4.69) is 50.6 Å². The fraction of sp³-hybridized carbons (Fsp3) is 0.860. The zero-order valence-electron chi connectivity index (χ0n) is 55.7. The van der Waals surface area contributed by atoms with Crippen molar-refractivity contribution in [2.75, 3.05) is 140 Å². The molecular formula is C50H90N6O43P4S-6. The number of nitrogens with one attached hydrogen (secondary N) is 4. The highest BCUT2D eigenvalue weighted by Gasteiger charge is 2.50. The number of rotatable bonds is 41. The molecule has 0 spiro atoms. The van der Waals surface area contributed by atoms with Gasteiger partial charge in [-0.05, 0) is 6.42 Å². The lowest BCUT2D eigenvalue weighted by atomic mass is 9.80. The first-order chi connectivity index (χ1) is 48.8. The van der Waals surface area contributed by atoms with Crippen molar-refractivity contribution >= 4 is 62.0 Å². The van der Waals surface area contributed by atoms with Gasteiger partial charge in [0.05, 0.1) is 146 Å². The third-order valence-corrected chi connectivity index (χ3v) is 17.9. The summed E-state index contributed by atoms with van der Waals surface area (Å²) in [5, 5.41) is 112. The second kappa shape index (κ2) is 49.8. The molecule has 54 heteroatoms. The molecule has 610 valence electrons. The Bertz CT molecular complexity index is 2930. The molecule has 1 aliphatic carbocycles. The van der Waals surface area contributed by atoms with Gasteiger partial charge in [0.2, 0.25) is 11.8 Å². The number of phosphoric acid groups is 4. The first-order valence-electron chi connectivity index (χ1n) is 30.7. The zero-order chi connectivity index (χ0) is 78.5. The number of H-pyrrole nitrogens is 1. The lowest BCUT2D eigenvalue weighted by Gasteiger charge is -2.45. The number of amides is 3. The number of thiol groups is 1. The topological polar surface area (TPSA) is 754 Å². The Morgan fingerprint density at radius 3 is 1.42 bits per heavy atom. The molecule has 5 rings (SSSR count). The number of ether oxygens (including phenoxy) is 12. The van der Waals surface area contributed by atoms with Crippen molar-refractivity contribution < 1.29 is 197 Å². The van der Waals surface area contributed by atoms with E-state index in [1.54, 1.807) is 7.11 Å². The number of carbonyl (C=O) groups is 3. The number of aromatic nitrogens is 2. The third-order valence-electron chi connectivity index (χ3n) is 14.2.